The van der Waals surface area contributed by atoms with Gasteiger partial charge in [0.25, 0.3) is 11.8 Å². The SMILES string of the molecule is CC(=O)Nc1ccc(C2=C(Nc3cc(C)cc(C)c3)C(=O)N(Cc3ccccc3)C2=O)cc1. The molecule has 0 bridgehead atoms. The van der Waals surface area contributed by atoms with Gasteiger partial charge in [-0.15, -0.1) is 0 Å². The quantitative estimate of drug-likeness (QED) is 0.548. The van der Waals surface area contributed by atoms with Crippen molar-refractivity contribution in [2.75, 3.05) is 10.6 Å². The van der Waals surface area contributed by atoms with Crippen LogP contribution in [0.4, 0.5) is 11.4 Å². The average molecular weight is 440 g/mol. The molecule has 1 aliphatic rings. The van der Waals surface area contributed by atoms with E-state index in [0.29, 0.717) is 16.8 Å². The van der Waals surface area contributed by atoms with Gasteiger partial charge in [-0.05, 0) is 60.4 Å². The van der Waals surface area contributed by atoms with Gasteiger partial charge in [0.1, 0.15) is 5.70 Å². The number of nitrogens with one attached hydrogen (secondary N) is 2. The molecule has 0 radical (unpaired) electrons. The van der Waals surface area contributed by atoms with Crippen LogP contribution in [0.1, 0.15) is 29.2 Å². The van der Waals surface area contributed by atoms with E-state index >= 15 is 0 Å². The van der Waals surface area contributed by atoms with Gasteiger partial charge >= 0.3 is 0 Å². The first-order chi connectivity index (χ1) is 15.8. The highest BCUT2D eigenvalue weighted by molar-refractivity contribution is 6.36. The van der Waals surface area contributed by atoms with Crippen molar-refractivity contribution in [2.24, 2.45) is 0 Å². The molecule has 166 valence electrons. The Bertz CT molecular complexity index is 1240. The van der Waals surface area contributed by atoms with Crippen molar-refractivity contribution in [3.05, 3.63) is 101 Å². The molecular formula is C27H25N3O3. The normalized spacial score (nSPS) is 13.5. The molecule has 6 heteroatoms. The van der Waals surface area contributed by atoms with E-state index in [0.717, 1.165) is 22.4 Å². The molecule has 6 nitrogen and oxygen atoms in total. The molecule has 1 aliphatic heterocycles. The second-order valence-electron chi connectivity index (χ2n) is 8.19. The van der Waals surface area contributed by atoms with Crippen LogP contribution in [0.15, 0.2) is 78.5 Å². The van der Waals surface area contributed by atoms with Gasteiger partial charge in [-0.1, -0.05) is 48.5 Å². The van der Waals surface area contributed by atoms with Gasteiger partial charge in [0.2, 0.25) is 5.91 Å². The van der Waals surface area contributed by atoms with Gasteiger partial charge in [0.15, 0.2) is 0 Å². The fraction of sp³-hybridized carbons (Fsp3) is 0.148. The van der Waals surface area contributed by atoms with Gasteiger partial charge in [-0.2, -0.15) is 0 Å². The minimum Gasteiger partial charge on any atom is -0.350 e. The van der Waals surface area contributed by atoms with Crippen LogP contribution in [-0.2, 0) is 20.9 Å². The third-order valence-corrected chi connectivity index (χ3v) is 5.34. The standard InChI is InChI=1S/C27H25N3O3/c1-17-13-18(2)15-23(14-17)29-25-24(21-9-11-22(12-10-21)28-19(3)31)26(32)30(27(25)33)16-20-7-5-4-6-8-20/h4-15,29H,16H2,1-3H3,(H,28,31). The smallest absolute Gasteiger partial charge is 0.278 e. The van der Waals surface area contributed by atoms with Crippen LogP contribution in [0, 0.1) is 13.8 Å². The Morgan fingerprint density at radius 2 is 1.45 bits per heavy atom. The number of nitrogens with zero attached hydrogens (tertiary/aromatic N) is 1. The zero-order chi connectivity index (χ0) is 23.5. The number of carbonyl (C=O) groups is 3. The van der Waals surface area contributed by atoms with Crippen molar-refractivity contribution in [1.29, 1.82) is 0 Å². The van der Waals surface area contributed by atoms with E-state index < -0.39 is 0 Å². The molecule has 3 amide bonds. The lowest BCUT2D eigenvalue weighted by Crippen LogP contribution is -2.32. The van der Waals surface area contributed by atoms with E-state index in [1.54, 1.807) is 24.3 Å². The summed E-state index contributed by atoms with van der Waals surface area (Å²) in [6.07, 6.45) is 0. The molecule has 0 fully saturated rings. The van der Waals surface area contributed by atoms with E-state index in [-0.39, 0.29) is 30.0 Å². The van der Waals surface area contributed by atoms with Gasteiger partial charge in [-0.3, -0.25) is 19.3 Å². The second kappa shape index (κ2) is 9.12. The predicted octanol–water partition coefficient (Wildman–Crippen LogP) is 4.65. The molecular weight excluding hydrogens is 414 g/mol. The first-order valence-corrected chi connectivity index (χ1v) is 10.7. The van der Waals surface area contributed by atoms with E-state index in [2.05, 4.69) is 10.6 Å². The molecule has 0 saturated carbocycles. The number of hydrogen-bond donors (Lipinski definition) is 2. The molecule has 33 heavy (non-hydrogen) atoms. The summed E-state index contributed by atoms with van der Waals surface area (Å²) in [5.74, 6) is -0.910. The summed E-state index contributed by atoms with van der Waals surface area (Å²) < 4.78 is 0. The molecule has 0 spiro atoms. The van der Waals surface area contributed by atoms with E-state index in [1.165, 1.54) is 11.8 Å². The molecule has 0 unspecified atom stereocenters. The highest BCUT2D eigenvalue weighted by Gasteiger charge is 2.39. The Morgan fingerprint density at radius 3 is 2.06 bits per heavy atom. The van der Waals surface area contributed by atoms with Crippen LogP contribution in [0.3, 0.4) is 0 Å². The highest BCUT2D eigenvalue weighted by Crippen LogP contribution is 2.32. The minimum absolute atomic E-state index is 0.180. The summed E-state index contributed by atoms with van der Waals surface area (Å²) in [5.41, 5.74) is 5.50. The minimum atomic E-state index is -0.371. The lowest BCUT2D eigenvalue weighted by molar-refractivity contribution is -0.137. The molecule has 0 atom stereocenters. The summed E-state index contributed by atoms with van der Waals surface area (Å²) in [6, 6.07) is 22.3. The maximum atomic E-state index is 13.5. The number of rotatable bonds is 6. The first-order valence-electron chi connectivity index (χ1n) is 10.7. The maximum absolute atomic E-state index is 13.5. The number of anilines is 2. The number of aryl methyl sites for hydroxylation is 2. The third-order valence-electron chi connectivity index (χ3n) is 5.34. The molecule has 1 heterocycles. The first kappa shape index (κ1) is 22.0. The fourth-order valence-electron chi connectivity index (χ4n) is 3.98. The van der Waals surface area contributed by atoms with E-state index in [4.69, 9.17) is 0 Å². The number of carbonyl (C=O) groups excluding carboxylic acids is 3. The van der Waals surface area contributed by atoms with Gasteiger partial charge < -0.3 is 10.6 Å². The number of benzene rings is 3. The molecule has 2 N–H and O–H groups in total. The highest BCUT2D eigenvalue weighted by atomic mass is 16.2. The third kappa shape index (κ3) is 4.85. The molecule has 0 saturated heterocycles. The summed E-state index contributed by atoms with van der Waals surface area (Å²) in [4.78, 5) is 39.5. The van der Waals surface area contributed by atoms with Crippen molar-refractivity contribution in [3.8, 4) is 0 Å². The Kier molecular flexibility index (Phi) is 6.09. The van der Waals surface area contributed by atoms with Gasteiger partial charge in [0, 0.05) is 18.3 Å². The summed E-state index contributed by atoms with van der Waals surface area (Å²) in [6.45, 7) is 5.59. The van der Waals surface area contributed by atoms with E-state index in [1.807, 2.05) is 62.4 Å². The van der Waals surface area contributed by atoms with Gasteiger partial charge in [0.05, 0.1) is 12.1 Å². The second-order valence-corrected chi connectivity index (χ2v) is 8.19. The summed E-state index contributed by atoms with van der Waals surface area (Å²) >= 11 is 0. The monoisotopic (exact) mass is 439 g/mol. The van der Waals surface area contributed by atoms with Crippen molar-refractivity contribution in [1.82, 2.24) is 4.90 Å². The van der Waals surface area contributed by atoms with Crippen LogP contribution >= 0.6 is 0 Å². The zero-order valence-electron chi connectivity index (χ0n) is 18.8. The molecule has 3 aromatic rings. The van der Waals surface area contributed by atoms with Crippen LogP contribution in [0.2, 0.25) is 0 Å². The van der Waals surface area contributed by atoms with Gasteiger partial charge in [-0.25, -0.2) is 0 Å². The van der Waals surface area contributed by atoms with Crippen molar-refractivity contribution in [2.45, 2.75) is 27.3 Å². The van der Waals surface area contributed by atoms with Crippen LogP contribution in [0.25, 0.3) is 5.57 Å². The average Bonchev–Trinajstić information content (AvgIpc) is 2.98. The number of amides is 3. The molecule has 0 aliphatic carbocycles. The Balaban J connectivity index is 1.74. The Morgan fingerprint density at radius 1 is 0.818 bits per heavy atom. The zero-order valence-corrected chi connectivity index (χ0v) is 18.8. The number of imide groups is 1. The Hall–Kier alpha value is -4.19. The molecule has 4 rings (SSSR count). The van der Waals surface area contributed by atoms with Crippen molar-refractivity contribution in [3.63, 3.8) is 0 Å². The maximum Gasteiger partial charge on any atom is 0.278 e. The topological polar surface area (TPSA) is 78.5 Å². The summed E-state index contributed by atoms with van der Waals surface area (Å²) in [5, 5.41) is 5.93. The molecule has 3 aromatic carbocycles. The number of hydrogen-bond acceptors (Lipinski definition) is 4. The lowest BCUT2D eigenvalue weighted by Gasteiger charge is -2.15. The van der Waals surface area contributed by atoms with Crippen molar-refractivity contribution >= 4 is 34.7 Å². The van der Waals surface area contributed by atoms with E-state index in [9.17, 15) is 14.4 Å². The fourth-order valence-corrected chi connectivity index (χ4v) is 3.98. The van der Waals surface area contributed by atoms with Crippen molar-refractivity contribution < 1.29 is 14.4 Å². The Labute approximate surface area is 192 Å². The van der Waals surface area contributed by atoms with Crippen LogP contribution in [-0.4, -0.2) is 22.6 Å². The van der Waals surface area contributed by atoms with Crippen LogP contribution in [0.5, 0.6) is 0 Å². The van der Waals surface area contributed by atoms with Crippen LogP contribution < -0.4 is 10.6 Å². The predicted molar refractivity (Wildman–Crippen MR) is 129 cm³/mol. The lowest BCUT2D eigenvalue weighted by atomic mass is 10.0. The molecule has 0 aromatic heterocycles. The summed E-state index contributed by atoms with van der Waals surface area (Å²) in [7, 11) is 0. The largest absolute Gasteiger partial charge is 0.350 e.